The number of fused-ring (bicyclic) bond motifs is 1. The molecule has 0 N–H and O–H groups in total. The van der Waals surface area contributed by atoms with Crippen molar-refractivity contribution < 1.29 is 31.2 Å². The van der Waals surface area contributed by atoms with Crippen LogP contribution in [-0.2, 0) is 16.0 Å². The summed E-state index contributed by atoms with van der Waals surface area (Å²) in [5, 5.41) is 0. The third-order valence-electron chi connectivity index (χ3n) is 3.74. The monoisotopic (exact) mass is 369 g/mol. The molecular formula is C16H10F3NO4S. The van der Waals surface area contributed by atoms with Crippen LogP contribution < -0.4 is 4.90 Å². The molecule has 0 fully saturated rings. The number of anilines is 1. The van der Waals surface area contributed by atoms with E-state index >= 15 is 0 Å². The highest BCUT2D eigenvalue weighted by Gasteiger charge is 2.42. The van der Waals surface area contributed by atoms with Crippen LogP contribution >= 0.6 is 0 Å². The fourth-order valence-electron chi connectivity index (χ4n) is 2.58. The molecule has 0 saturated carbocycles. The van der Waals surface area contributed by atoms with Crippen molar-refractivity contribution in [3.05, 3.63) is 59.2 Å². The number of hydrogen-bond acceptors (Lipinski definition) is 4. The molecule has 2 amide bonds. The molecular weight excluding hydrogens is 359 g/mol. The zero-order valence-electron chi connectivity index (χ0n) is 12.7. The molecule has 0 unspecified atom stereocenters. The number of benzene rings is 2. The topological polar surface area (TPSA) is 71.5 Å². The lowest BCUT2D eigenvalue weighted by Gasteiger charge is -2.20. The van der Waals surface area contributed by atoms with E-state index in [0.717, 1.165) is 18.4 Å². The summed E-state index contributed by atoms with van der Waals surface area (Å²) in [5.74, 6) is -1.78. The first kappa shape index (κ1) is 17.2. The number of halogens is 3. The number of hydrogen-bond donors (Lipinski definition) is 0. The number of carbonyl (C=O) groups excluding carboxylic acids is 2. The Labute approximate surface area is 140 Å². The summed E-state index contributed by atoms with van der Waals surface area (Å²) < 4.78 is 63.3. The maximum Gasteiger partial charge on any atom is 0.418 e. The van der Waals surface area contributed by atoms with Crippen molar-refractivity contribution in [3.63, 3.8) is 0 Å². The van der Waals surface area contributed by atoms with E-state index in [4.69, 9.17) is 0 Å². The lowest BCUT2D eigenvalue weighted by Crippen LogP contribution is -2.31. The third kappa shape index (κ3) is 2.80. The molecule has 0 aromatic heterocycles. The van der Waals surface area contributed by atoms with Crippen molar-refractivity contribution in [1.29, 1.82) is 0 Å². The highest BCUT2D eigenvalue weighted by Crippen LogP contribution is 2.40. The normalized spacial score (nSPS) is 14.8. The van der Waals surface area contributed by atoms with Crippen LogP contribution in [0.2, 0.25) is 0 Å². The van der Waals surface area contributed by atoms with Gasteiger partial charge in [-0.1, -0.05) is 12.1 Å². The molecule has 0 saturated heterocycles. The highest BCUT2D eigenvalue weighted by molar-refractivity contribution is 7.90. The number of alkyl halides is 3. The van der Waals surface area contributed by atoms with E-state index in [-0.39, 0.29) is 11.1 Å². The molecule has 5 nitrogen and oxygen atoms in total. The second-order valence-corrected chi connectivity index (χ2v) is 7.46. The number of nitrogens with zero attached hydrogens (tertiary/aromatic N) is 1. The highest BCUT2D eigenvalue weighted by atomic mass is 32.2. The Morgan fingerprint density at radius 1 is 0.920 bits per heavy atom. The van der Waals surface area contributed by atoms with Gasteiger partial charge in [-0.25, -0.2) is 13.3 Å². The van der Waals surface area contributed by atoms with Gasteiger partial charge in [0.05, 0.1) is 27.3 Å². The Bertz CT molecular complexity index is 977. The van der Waals surface area contributed by atoms with Crippen molar-refractivity contribution in [3.8, 4) is 0 Å². The van der Waals surface area contributed by atoms with Gasteiger partial charge in [-0.3, -0.25) is 9.59 Å². The van der Waals surface area contributed by atoms with Gasteiger partial charge in [0.2, 0.25) is 0 Å². The second kappa shape index (κ2) is 5.41. The van der Waals surface area contributed by atoms with Crippen LogP contribution in [0.25, 0.3) is 0 Å². The Hall–Kier alpha value is -2.68. The molecule has 0 bridgehead atoms. The van der Waals surface area contributed by atoms with Gasteiger partial charge < -0.3 is 0 Å². The van der Waals surface area contributed by atoms with Crippen molar-refractivity contribution in [1.82, 2.24) is 0 Å². The zero-order chi connectivity index (χ0) is 18.6. The molecule has 2 aromatic carbocycles. The lowest BCUT2D eigenvalue weighted by molar-refractivity contribution is -0.137. The van der Waals surface area contributed by atoms with Gasteiger partial charge in [0.15, 0.2) is 9.84 Å². The van der Waals surface area contributed by atoms with E-state index in [1.807, 2.05) is 0 Å². The second-order valence-electron chi connectivity index (χ2n) is 5.44. The van der Waals surface area contributed by atoms with Crippen LogP contribution in [-0.4, -0.2) is 26.5 Å². The predicted octanol–water partition coefficient (Wildman–Crippen LogP) is 2.91. The maximum absolute atomic E-state index is 13.4. The molecule has 0 radical (unpaired) electrons. The van der Waals surface area contributed by atoms with Gasteiger partial charge >= 0.3 is 6.18 Å². The summed E-state index contributed by atoms with van der Waals surface area (Å²) >= 11 is 0. The average molecular weight is 369 g/mol. The summed E-state index contributed by atoms with van der Waals surface area (Å²) in [6.07, 6.45) is -4.18. The number of rotatable bonds is 2. The van der Waals surface area contributed by atoms with Crippen LogP contribution in [0.5, 0.6) is 0 Å². The molecule has 0 atom stereocenters. The van der Waals surface area contributed by atoms with E-state index in [0.29, 0.717) is 11.0 Å². The fourth-order valence-corrected chi connectivity index (χ4v) is 3.22. The Morgan fingerprint density at radius 3 is 1.88 bits per heavy atom. The molecule has 9 heteroatoms. The Morgan fingerprint density at radius 2 is 1.44 bits per heavy atom. The summed E-state index contributed by atoms with van der Waals surface area (Å²) in [4.78, 5) is 24.6. The van der Waals surface area contributed by atoms with E-state index < -0.39 is 44.0 Å². The molecule has 1 heterocycles. The van der Waals surface area contributed by atoms with Gasteiger partial charge in [-0.15, -0.1) is 0 Å². The smallest absolute Gasteiger partial charge is 0.268 e. The molecule has 1 aliphatic heterocycles. The standard InChI is InChI=1S/C16H10F3NO4S/c1-25(23,24)9-6-7-13(12(8-9)16(17,18)19)20-14(21)10-4-2-3-5-11(10)15(20)22/h2-8H,1H3. The molecule has 0 aliphatic carbocycles. The quantitative estimate of drug-likeness (QED) is 0.763. The first-order valence-corrected chi connectivity index (χ1v) is 8.80. The maximum atomic E-state index is 13.4. The van der Waals surface area contributed by atoms with Crippen molar-refractivity contribution in [2.24, 2.45) is 0 Å². The van der Waals surface area contributed by atoms with Crippen LogP contribution in [0, 0.1) is 0 Å². The largest absolute Gasteiger partial charge is 0.418 e. The third-order valence-corrected chi connectivity index (χ3v) is 4.85. The molecule has 25 heavy (non-hydrogen) atoms. The van der Waals surface area contributed by atoms with Crippen LogP contribution in [0.15, 0.2) is 47.4 Å². The number of amides is 2. The van der Waals surface area contributed by atoms with Crippen molar-refractivity contribution in [2.75, 3.05) is 11.2 Å². The minimum absolute atomic E-state index is 0.00665. The van der Waals surface area contributed by atoms with Crippen molar-refractivity contribution in [2.45, 2.75) is 11.1 Å². The van der Waals surface area contributed by atoms with E-state index in [9.17, 15) is 31.2 Å². The van der Waals surface area contributed by atoms with Gasteiger partial charge in [0.25, 0.3) is 11.8 Å². The van der Waals surface area contributed by atoms with Gasteiger partial charge in [-0.2, -0.15) is 13.2 Å². The number of carbonyl (C=O) groups is 2. The van der Waals surface area contributed by atoms with Gasteiger partial charge in [0, 0.05) is 6.26 Å². The molecule has 130 valence electrons. The molecule has 0 spiro atoms. The number of imide groups is 1. The van der Waals surface area contributed by atoms with Crippen LogP contribution in [0.1, 0.15) is 26.3 Å². The van der Waals surface area contributed by atoms with E-state index in [1.54, 1.807) is 0 Å². The SMILES string of the molecule is CS(=O)(=O)c1ccc(N2C(=O)c3ccccc3C2=O)c(C(F)(F)F)c1. The predicted molar refractivity (Wildman–Crippen MR) is 82.1 cm³/mol. The van der Waals surface area contributed by atoms with Crippen LogP contribution in [0.3, 0.4) is 0 Å². The fraction of sp³-hybridized carbons (Fsp3) is 0.125. The lowest BCUT2D eigenvalue weighted by atomic mass is 10.1. The summed E-state index contributed by atoms with van der Waals surface area (Å²) in [6, 6.07) is 7.84. The number of sulfone groups is 1. The Balaban J connectivity index is 2.22. The molecule has 3 rings (SSSR count). The minimum Gasteiger partial charge on any atom is -0.268 e. The van der Waals surface area contributed by atoms with E-state index in [2.05, 4.69) is 0 Å². The average Bonchev–Trinajstić information content (AvgIpc) is 2.77. The van der Waals surface area contributed by atoms with Gasteiger partial charge in [0.1, 0.15) is 0 Å². The van der Waals surface area contributed by atoms with E-state index in [1.165, 1.54) is 24.3 Å². The van der Waals surface area contributed by atoms with Gasteiger partial charge in [-0.05, 0) is 30.3 Å². The minimum atomic E-state index is -4.95. The summed E-state index contributed by atoms with van der Waals surface area (Å²) in [7, 11) is -3.89. The summed E-state index contributed by atoms with van der Waals surface area (Å²) in [6.45, 7) is 0. The van der Waals surface area contributed by atoms with Crippen molar-refractivity contribution >= 4 is 27.3 Å². The Kier molecular flexibility index (Phi) is 3.72. The van der Waals surface area contributed by atoms with Crippen LogP contribution in [0.4, 0.5) is 18.9 Å². The molecule has 1 aliphatic rings. The first-order chi connectivity index (χ1) is 11.5. The zero-order valence-corrected chi connectivity index (χ0v) is 13.5. The molecule has 2 aromatic rings. The summed E-state index contributed by atoms with van der Waals surface area (Å²) in [5.41, 5.74) is -2.09. The first-order valence-electron chi connectivity index (χ1n) is 6.91.